The Morgan fingerprint density at radius 1 is 1.05 bits per heavy atom. The first kappa shape index (κ1) is 18.2. The van der Waals surface area contributed by atoms with Gasteiger partial charge in [-0.05, 0) is 57.5 Å². The Morgan fingerprint density at radius 3 is 2.50 bits per heavy atom. The van der Waals surface area contributed by atoms with Gasteiger partial charge in [0.05, 0.1) is 13.2 Å². The molecule has 4 atom stereocenters. The summed E-state index contributed by atoms with van der Waals surface area (Å²) in [5.74, 6) is 1.53. The van der Waals surface area contributed by atoms with Crippen LogP contribution < -0.4 is 0 Å². The van der Waals surface area contributed by atoms with Crippen LogP contribution >= 0.6 is 0 Å². The van der Waals surface area contributed by atoms with E-state index < -0.39 is 0 Å². The zero-order valence-electron chi connectivity index (χ0n) is 15.6. The lowest BCUT2D eigenvalue weighted by atomic mass is 9.92. The fraction of sp³-hybridized carbons (Fsp3) is 1.00. The summed E-state index contributed by atoms with van der Waals surface area (Å²) in [7, 11) is 0. The molecule has 0 bridgehead atoms. The molecular weight excluding hydrogens is 272 g/mol. The summed E-state index contributed by atoms with van der Waals surface area (Å²) < 4.78 is 5.74. The predicted molar refractivity (Wildman–Crippen MR) is 94.3 cm³/mol. The number of hydrogen-bond donors (Lipinski definition) is 0. The smallest absolute Gasteiger partial charge is 0.0625 e. The van der Waals surface area contributed by atoms with E-state index in [9.17, 15) is 0 Å². The summed E-state index contributed by atoms with van der Waals surface area (Å²) in [5.41, 5.74) is 0. The number of nitrogens with zero attached hydrogens (tertiary/aromatic N) is 2. The molecule has 0 aliphatic carbocycles. The molecule has 0 aromatic heterocycles. The Balaban J connectivity index is 1.81. The minimum Gasteiger partial charge on any atom is -0.378 e. The van der Waals surface area contributed by atoms with E-state index in [4.69, 9.17) is 4.74 Å². The number of likely N-dealkylation sites (N-methyl/N-ethyl adjacent to an activating group) is 1. The van der Waals surface area contributed by atoms with Crippen molar-refractivity contribution in [1.82, 2.24) is 9.80 Å². The molecule has 0 aromatic carbocycles. The zero-order chi connectivity index (χ0) is 16.1. The van der Waals surface area contributed by atoms with Gasteiger partial charge in [0.25, 0.3) is 0 Å². The maximum Gasteiger partial charge on any atom is 0.0625 e. The SMILES string of the molecule is CCN1CCOCC1C(C)CCC(C)N1CCCC1C(C)C. The van der Waals surface area contributed by atoms with Crippen molar-refractivity contribution in [3.63, 3.8) is 0 Å². The largest absolute Gasteiger partial charge is 0.378 e. The minimum absolute atomic E-state index is 0.630. The third kappa shape index (κ3) is 4.46. The average molecular weight is 311 g/mol. The fourth-order valence-corrected chi connectivity index (χ4v) is 4.51. The Hall–Kier alpha value is -0.120. The molecule has 3 nitrogen and oxygen atoms in total. The highest BCUT2D eigenvalue weighted by atomic mass is 16.5. The second-order valence-corrected chi connectivity index (χ2v) is 7.87. The van der Waals surface area contributed by atoms with Crippen LogP contribution in [0.25, 0.3) is 0 Å². The summed E-state index contributed by atoms with van der Waals surface area (Å²) in [4.78, 5) is 5.40. The molecule has 2 rings (SSSR count). The second-order valence-electron chi connectivity index (χ2n) is 7.87. The first-order chi connectivity index (χ1) is 10.5. The summed E-state index contributed by atoms with van der Waals surface area (Å²) in [6.45, 7) is 17.4. The summed E-state index contributed by atoms with van der Waals surface area (Å²) >= 11 is 0. The third-order valence-corrected chi connectivity index (χ3v) is 6.06. The summed E-state index contributed by atoms with van der Waals surface area (Å²) in [5, 5.41) is 0. The van der Waals surface area contributed by atoms with Gasteiger partial charge >= 0.3 is 0 Å². The zero-order valence-corrected chi connectivity index (χ0v) is 15.6. The average Bonchev–Trinajstić information content (AvgIpc) is 3.02. The molecule has 2 saturated heterocycles. The van der Waals surface area contributed by atoms with E-state index in [-0.39, 0.29) is 0 Å². The highest BCUT2D eigenvalue weighted by Gasteiger charge is 2.32. The van der Waals surface area contributed by atoms with Gasteiger partial charge in [-0.15, -0.1) is 0 Å². The van der Waals surface area contributed by atoms with E-state index in [1.165, 1.54) is 32.2 Å². The predicted octanol–water partition coefficient (Wildman–Crippen LogP) is 3.63. The first-order valence-corrected chi connectivity index (χ1v) is 9.62. The van der Waals surface area contributed by atoms with E-state index in [2.05, 4.69) is 44.4 Å². The lowest BCUT2D eigenvalue weighted by Crippen LogP contribution is -2.49. The number of rotatable bonds is 7. The number of ether oxygens (including phenoxy) is 1. The van der Waals surface area contributed by atoms with Gasteiger partial charge in [-0.25, -0.2) is 0 Å². The Kier molecular flexibility index (Phi) is 7.17. The lowest BCUT2D eigenvalue weighted by molar-refractivity contribution is -0.0272. The highest BCUT2D eigenvalue weighted by Crippen LogP contribution is 2.29. The Bertz CT molecular complexity index is 313. The molecule has 0 aromatic rings. The molecule has 0 radical (unpaired) electrons. The maximum atomic E-state index is 5.74. The monoisotopic (exact) mass is 310 g/mol. The van der Waals surface area contributed by atoms with Crippen LogP contribution in [0.3, 0.4) is 0 Å². The van der Waals surface area contributed by atoms with Crippen LogP contribution in [0.1, 0.15) is 60.3 Å². The van der Waals surface area contributed by atoms with Crippen LogP contribution in [0.5, 0.6) is 0 Å². The van der Waals surface area contributed by atoms with Gasteiger partial charge in [-0.2, -0.15) is 0 Å². The third-order valence-electron chi connectivity index (χ3n) is 6.06. The molecule has 2 fully saturated rings. The van der Waals surface area contributed by atoms with Gasteiger partial charge in [-0.3, -0.25) is 9.80 Å². The van der Waals surface area contributed by atoms with Crippen LogP contribution in [0.4, 0.5) is 0 Å². The van der Waals surface area contributed by atoms with Gasteiger partial charge in [0, 0.05) is 24.7 Å². The van der Waals surface area contributed by atoms with E-state index in [0.29, 0.717) is 6.04 Å². The van der Waals surface area contributed by atoms with Crippen molar-refractivity contribution in [1.29, 1.82) is 0 Å². The van der Waals surface area contributed by atoms with E-state index >= 15 is 0 Å². The summed E-state index contributed by atoms with van der Waals surface area (Å²) in [6, 6.07) is 2.18. The summed E-state index contributed by atoms with van der Waals surface area (Å²) in [6.07, 6.45) is 5.45. The molecule has 4 unspecified atom stereocenters. The van der Waals surface area contributed by atoms with Crippen molar-refractivity contribution in [2.45, 2.75) is 78.4 Å². The van der Waals surface area contributed by atoms with Gasteiger partial charge in [0.2, 0.25) is 0 Å². The molecule has 3 heteroatoms. The quantitative estimate of drug-likeness (QED) is 0.714. The maximum absolute atomic E-state index is 5.74. The normalized spacial score (nSPS) is 30.8. The molecule has 2 heterocycles. The van der Waals surface area contributed by atoms with Gasteiger partial charge in [0.1, 0.15) is 0 Å². The fourth-order valence-electron chi connectivity index (χ4n) is 4.51. The van der Waals surface area contributed by atoms with Crippen molar-refractivity contribution in [2.24, 2.45) is 11.8 Å². The molecule has 0 spiro atoms. The Morgan fingerprint density at radius 2 is 1.82 bits per heavy atom. The minimum atomic E-state index is 0.630. The molecular formula is C19H38N2O. The van der Waals surface area contributed by atoms with Crippen molar-refractivity contribution >= 4 is 0 Å². The number of likely N-dealkylation sites (tertiary alicyclic amines) is 1. The molecule has 130 valence electrons. The van der Waals surface area contributed by atoms with Crippen LogP contribution in [-0.2, 0) is 4.74 Å². The van der Waals surface area contributed by atoms with Crippen molar-refractivity contribution in [2.75, 3.05) is 32.8 Å². The van der Waals surface area contributed by atoms with Crippen LogP contribution in [0.15, 0.2) is 0 Å². The van der Waals surface area contributed by atoms with Crippen LogP contribution in [0, 0.1) is 11.8 Å². The standard InChI is InChI=1S/C19H38N2O/c1-6-20-12-13-22-14-19(20)16(4)9-10-17(5)21-11-7-8-18(21)15(2)3/h15-19H,6-14H2,1-5H3. The van der Waals surface area contributed by atoms with Crippen LogP contribution in [0.2, 0.25) is 0 Å². The lowest BCUT2D eigenvalue weighted by Gasteiger charge is -2.39. The first-order valence-electron chi connectivity index (χ1n) is 9.62. The van der Waals surface area contributed by atoms with Gasteiger partial charge in [-0.1, -0.05) is 27.7 Å². The van der Waals surface area contributed by atoms with E-state index in [0.717, 1.165) is 50.2 Å². The molecule has 2 aliphatic heterocycles. The molecule has 22 heavy (non-hydrogen) atoms. The molecule has 0 amide bonds. The van der Waals surface area contributed by atoms with Crippen molar-refractivity contribution in [3.05, 3.63) is 0 Å². The van der Waals surface area contributed by atoms with Crippen molar-refractivity contribution in [3.8, 4) is 0 Å². The van der Waals surface area contributed by atoms with Gasteiger partial charge < -0.3 is 4.74 Å². The molecule has 0 N–H and O–H groups in total. The number of morpholine rings is 1. The molecule has 0 saturated carbocycles. The number of hydrogen-bond acceptors (Lipinski definition) is 3. The van der Waals surface area contributed by atoms with Crippen LogP contribution in [-0.4, -0.2) is 60.8 Å². The van der Waals surface area contributed by atoms with E-state index in [1.807, 2.05) is 0 Å². The molecule has 2 aliphatic rings. The highest BCUT2D eigenvalue weighted by molar-refractivity contribution is 4.86. The van der Waals surface area contributed by atoms with Gasteiger partial charge in [0.15, 0.2) is 0 Å². The van der Waals surface area contributed by atoms with E-state index in [1.54, 1.807) is 0 Å². The Labute approximate surface area is 138 Å². The second kappa shape index (κ2) is 8.65. The topological polar surface area (TPSA) is 15.7 Å². The van der Waals surface area contributed by atoms with Crippen molar-refractivity contribution < 1.29 is 4.74 Å².